The number of benzene rings is 1. The fraction of sp³-hybridized carbons (Fsp3) is 0.250. The van der Waals surface area contributed by atoms with Crippen LogP contribution < -0.4 is 0 Å². The van der Waals surface area contributed by atoms with Gasteiger partial charge in [0.05, 0.1) is 31.9 Å². The molecule has 2 aromatic rings. The number of hydrogen-bond donors (Lipinski definition) is 0. The van der Waals surface area contributed by atoms with Gasteiger partial charge in [0.1, 0.15) is 5.60 Å². The second kappa shape index (κ2) is 6.07. The highest BCUT2D eigenvalue weighted by Crippen LogP contribution is 2.34. The van der Waals surface area contributed by atoms with Gasteiger partial charge in [-0.3, -0.25) is 0 Å². The lowest BCUT2D eigenvalue weighted by atomic mass is 10.1. The van der Waals surface area contributed by atoms with Gasteiger partial charge in [0.2, 0.25) is 0 Å². The van der Waals surface area contributed by atoms with E-state index in [2.05, 4.69) is 11.6 Å². The van der Waals surface area contributed by atoms with Crippen LogP contribution in [0.3, 0.4) is 0 Å². The van der Waals surface area contributed by atoms with Gasteiger partial charge in [-0.05, 0) is 39.0 Å². The van der Waals surface area contributed by atoms with Crippen LogP contribution in [0.15, 0.2) is 24.8 Å². The quantitative estimate of drug-likeness (QED) is 0.522. The number of ether oxygens (including phenoxy) is 1. The van der Waals surface area contributed by atoms with Gasteiger partial charge in [-0.2, -0.15) is 0 Å². The summed E-state index contributed by atoms with van der Waals surface area (Å²) in [4.78, 5) is 16.4. The van der Waals surface area contributed by atoms with Crippen molar-refractivity contribution in [2.24, 2.45) is 0 Å². The van der Waals surface area contributed by atoms with Crippen molar-refractivity contribution in [1.82, 2.24) is 4.98 Å². The monoisotopic (exact) mass is 357 g/mol. The molecule has 22 heavy (non-hydrogen) atoms. The topological polar surface area (TPSA) is 39.2 Å². The van der Waals surface area contributed by atoms with E-state index in [0.717, 1.165) is 0 Å². The first-order valence-corrected chi connectivity index (χ1v) is 7.60. The molecular formula is C16H14Cl3NO2. The zero-order valence-corrected chi connectivity index (χ0v) is 14.6. The molecule has 1 heterocycles. The molecule has 3 nitrogen and oxygen atoms in total. The molecule has 0 aliphatic carbocycles. The normalized spacial score (nSPS) is 11.5. The van der Waals surface area contributed by atoms with E-state index in [0.29, 0.717) is 26.6 Å². The van der Waals surface area contributed by atoms with E-state index in [1.807, 2.05) is 0 Å². The van der Waals surface area contributed by atoms with Crippen molar-refractivity contribution >= 4 is 57.2 Å². The number of halogens is 3. The fourth-order valence-electron chi connectivity index (χ4n) is 1.79. The van der Waals surface area contributed by atoms with Crippen molar-refractivity contribution in [3.05, 3.63) is 45.5 Å². The Hall–Kier alpha value is -1.29. The number of hydrogen-bond acceptors (Lipinski definition) is 3. The third-order valence-electron chi connectivity index (χ3n) is 2.78. The molecule has 0 amide bonds. The predicted octanol–water partition coefficient (Wildman–Crippen LogP) is 5.55. The summed E-state index contributed by atoms with van der Waals surface area (Å²) in [6.07, 6.45) is 0. The fourth-order valence-corrected chi connectivity index (χ4v) is 2.41. The Morgan fingerprint density at radius 2 is 1.82 bits per heavy atom. The van der Waals surface area contributed by atoms with E-state index >= 15 is 0 Å². The third-order valence-corrected chi connectivity index (χ3v) is 3.88. The van der Waals surface area contributed by atoms with Gasteiger partial charge < -0.3 is 4.74 Å². The van der Waals surface area contributed by atoms with E-state index in [9.17, 15) is 4.79 Å². The Morgan fingerprint density at radius 1 is 1.18 bits per heavy atom. The molecular weight excluding hydrogens is 345 g/mol. The first kappa shape index (κ1) is 17.1. The van der Waals surface area contributed by atoms with Crippen molar-refractivity contribution in [2.75, 3.05) is 0 Å². The van der Waals surface area contributed by atoms with Gasteiger partial charge in [0.15, 0.2) is 0 Å². The minimum absolute atomic E-state index is 0.106. The Bertz CT molecular complexity index is 779. The molecule has 0 N–H and O–H groups in total. The highest BCUT2D eigenvalue weighted by Gasteiger charge is 2.21. The van der Waals surface area contributed by atoms with Gasteiger partial charge in [-0.1, -0.05) is 41.4 Å². The maximum Gasteiger partial charge on any atom is 0.340 e. The minimum Gasteiger partial charge on any atom is -0.456 e. The van der Waals surface area contributed by atoms with Crippen LogP contribution in [-0.4, -0.2) is 16.6 Å². The molecule has 0 bridgehead atoms. The lowest BCUT2D eigenvalue weighted by Crippen LogP contribution is -2.24. The molecule has 0 aliphatic rings. The van der Waals surface area contributed by atoms with Gasteiger partial charge >= 0.3 is 5.97 Å². The van der Waals surface area contributed by atoms with Crippen LogP contribution in [0.4, 0.5) is 0 Å². The van der Waals surface area contributed by atoms with E-state index in [-0.39, 0.29) is 10.6 Å². The molecule has 1 aromatic heterocycles. The molecule has 1 aromatic carbocycles. The molecule has 0 aliphatic heterocycles. The molecule has 6 heteroatoms. The van der Waals surface area contributed by atoms with E-state index < -0.39 is 11.6 Å². The Balaban J connectivity index is 2.51. The molecule has 0 spiro atoms. The van der Waals surface area contributed by atoms with Gasteiger partial charge in [0, 0.05) is 5.39 Å². The summed E-state index contributed by atoms with van der Waals surface area (Å²) < 4.78 is 5.28. The number of rotatable bonds is 2. The smallest absolute Gasteiger partial charge is 0.340 e. The highest BCUT2D eigenvalue weighted by atomic mass is 35.5. The SMILES string of the molecule is C=C(C(=O)OC(C)(C)C)c1cc(Cl)c2ccc(Cl)c(Cl)c2n1. The summed E-state index contributed by atoms with van der Waals surface area (Å²) in [6.45, 7) is 9.06. The molecule has 116 valence electrons. The van der Waals surface area contributed by atoms with Crippen molar-refractivity contribution in [3.8, 4) is 0 Å². The van der Waals surface area contributed by atoms with Crippen molar-refractivity contribution in [3.63, 3.8) is 0 Å². The van der Waals surface area contributed by atoms with Crippen LogP contribution in [0, 0.1) is 0 Å². The largest absolute Gasteiger partial charge is 0.456 e. The maximum atomic E-state index is 12.1. The lowest BCUT2D eigenvalue weighted by molar-refractivity contribution is -0.147. The van der Waals surface area contributed by atoms with Crippen LogP contribution in [0.2, 0.25) is 15.1 Å². The average Bonchev–Trinajstić information content (AvgIpc) is 2.40. The Kier molecular flexibility index (Phi) is 4.71. The number of esters is 1. The van der Waals surface area contributed by atoms with E-state index in [4.69, 9.17) is 39.5 Å². The third kappa shape index (κ3) is 3.54. The second-order valence-electron chi connectivity index (χ2n) is 5.73. The first-order valence-electron chi connectivity index (χ1n) is 6.47. The van der Waals surface area contributed by atoms with Crippen LogP contribution >= 0.6 is 34.8 Å². The van der Waals surface area contributed by atoms with Gasteiger partial charge in [-0.15, -0.1) is 0 Å². The molecule has 0 fully saturated rings. The van der Waals surface area contributed by atoms with Gasteiger partial charge in [-0.25, -0.2) is 9.78 Å². The summed E-state index contributed by atoms with van der Waals surface area (Å²) in [5.74, 6) is -0.562. The standard InChI is InChI=1S/C16H14Cl3NO2/c1-8(15(21)22-16(2,3)4)12-7-11(18)9-5-6-10(17)13(19)14(9)20-12/h5-7H,1H2,2-4H3. The summed E-state index contributed by atoms with van der Waals surface area (Å²) in [6, 6.07) is 4.92. The number of aromatic nitrogens is 1. The van der Waals surface area contributed by atoms with Crippen LogP contribution in [0.25, 0.3) is 16.5 Å². The first-order chi connectivity index (χ1) is 10.1. The molecule has 0 unspecified atom stereocenters. The van der Waals surface area contributed by atoms with Crippen LogP contribution in [0.1, 0.15) is 26.5 Å². The number of carbonyl (C=O) groups excluding carboxylic acids is 1. The predicted molar refractivity (Wildman–Crippen MR) is 91.7 cm³/mol. The zero-order valence-electron chi connectivity index (χ0n) is 12.3. The average molecular weight is 359 g/mol. The number of fused-ring (bicyclic) bond motifs is 1. The second-order valence-corrected chi connectivity index (χ2v) is 6.92. The van der Waals surface area contributed by atoms with Crippen molar-refractivity contribution < 1.29 is 9.53 Å². The Labute approximate surface area is 143 Å². The summed E-state index contributed by atoms with van der Waals surface area (Å²) >= 11 is 18.4. The molecule has 0 radical (unpaired) electrons. The molecule has 2 rings (SSSR count). The Morgan fingerprint density at radius 3 is 2.41 bits per heavy atom. The van der Waals surface area contributed by atoms with Crippen molar-refractivity contribution in [1.29, 1.82) is 0 Å². The number of pyridine rings is 1. The molecule has 0 saturated heterocycles. The summed E-state index contributed by atoms with van der Waals surface area (Å²) in [5, 5.41) is 1.69. The molecule has 0 atom stereocenters. The number of nitrogens with zero attached hydrogens (tertiary/aromatic N) is 1. The lowest BCUT2D eigenvalue weighted by Gasteiger charge is -2.20. The van der Waals surface area contributed by atoms with Crippen LogP contribution in [-0.2, 0) is 9.53 Å². The minimum atomic E-state index is -0.623. The highest BCUT2D eigenvalue weighted by molar-refractivity contribution is 6.46. The zero-order chi connectivity index (χ0) is 16.7. The van der Waals surface area contributed by atoms with Crippen LogP contribution in [0.5, 0.6) is 0 Å². The maximum absolute atomic E-state index is 12.1. The number of carbonyl (C=O) groups is 1. The van der Waals surface area contributed by atoms with Crippen molar-refractivity contribution in [2.45, 2.75) is 26.4 Å². The molecule has 0 saturated carbocycles. The van der Waals surface area contributed by atoms with E-state index in [1.165, 1.54) is 0 Å². The van der Waals surface area contributed by atoms with E-state index in [1.54, 1.807) is 39.0 Å². The van der Waals surface area contributed by atoms with Gasteiger partial charge in [0.25, 0.3) is 0 Å². The summed E-state index contributed by atoms with van der Waals surface area (Å²) in [5.41, 5.74) is 0.203. The summed E-state index contributed by atoms with van der Waals surface area (Å²) in [7, 11) is 0.